The largest absolute Gasteiger partial charge is 0.391 e. The molecule has 3 saturated carbocycles. The highest BCUT2D eigenvalue weighted by Gasteiger charge is 2.74. The zero-order valence-corrected chi connectivity index (χ0v) is 18.3. The standard InChI is InChI=1S/C23H30N2O4S/c1-5-8-24-21-25-16-13(30-21)9-22(3,4)15-14(16)12-7-6-11-10(2)18(27)23(12,19(11)28)20(29)17(15)26/h5,11-12,14-15,17,19-20,26,28-29H,1-2,6-9H2,3-4H3,(H,24,25)/t11-,12-,14?,15+,17-,19+,20-,23-/m0/s1. The lowest BCUT2D eigenvalue weighted by Gasteiger charge is -2.60. The molecule has 7 heteroatoms. The van der Waals surface area contributed by atoms with Gasteiger partial charge in [-0.05, 0) is 36.2 Å². The van der Waals surface area contributed by atoms with Gasteiger partial charge in [-0.3, -0.25) is 4.79 Å². The number of aliphatic hydroxyl groups excluding tert-OH is 3. The van der Waals surface area contributed by atoms with Crippen molar-refractivity contribution in [1.82, 2.24) is 4.98 Å². The first kappa shape index (κ1) is 20.4. The number of hydrogen-bond donors (Lipinski definition) is 4. The van der Waals surface area contributed by atoms with Crippen LogP contribution in [0.5, 0.6) is 0 Å². The molecule has 4 aliphatic carbocycles. The normalized spacial score (nSPS) is 43.6. The van der Waals surface area contributed by atoms with Crippen molar-refractivity contribution >= 4 is 22.3 Å². The third kappa shape index (κ3) is 2.29. The summed E-state index contributed by atoms with van der Waals surface area (Å²) in [5.41, 5.74) is -0.342. The quantitative estimate of drug-likeness (QED) is 0.433. The van der Waals surface area contributed by atoms with E-state index in [9.17, 15) is 20.1 Å². The van der Waals surface area contributed by atoms with E-state index in [0.29, 0.717) is 25.0 Å². The summed E-state index contributed by atoms with van der Waals surface area (Å²) in [4.78, 5) is 19.5. The zero-order chi connectivity index (χ0) is 21.6. The summed E-state index contributed by atoms with van der Waals surface area (Å²) in [7, 11) is 0. The van der Waals surface area contributed by atoms with E-state index in [1.165, 1.54) is 0 Å². The summed E-state index contributed by atoms with van der Waals surface area (Å²) < 4.78 is 0. The molecule has 6 nitrogen and oxygen atoms in total. The molecule has 1 heterocycles. The summed E-state index contributed by atoms with van der Waals surface area (Å²) in [6.45, 7) is 12.5. The number of fused-ring (bicyclic) bond motifs is 5. The number of carbonyl (C=O) groups excluding carboxylic acids is 1. The van der Waals surface area contributed by atoms with E-state index in [4.69, 9.17) is 4.98 Å². The Kier molecular flexibility index (Phi) is 4.40. The van der Waals surface area contributed by atoms with Crippen molar-refractivity contribution in [3.8, 4) is 0 Å². The lowest BCUT2D eigenvalue weighted by molar-refractivity contribution is -0.220. The third-order valence-corrected chi connectivity index (χ3v) is 9.39. The highest BCUT2D eigenvalue weighted by Crippen LogP contribution is 2.68. The predicted octanol–water partition coefficient (Wildman–Crippen LogP) is 2.27. The Hall–Kier alpha value is -1.54. The third-order valence-electron chi connectivity index (χ3n) is 8.37. The number of Topliss-reactive ketones (excluding diaryl/α,β-unsaturated/α-hetero) is 1. The van der Waals surface area contributed by atoms with Gasteiger partial charge in [0.25, 0.3) is 0 Å². The fourth-order valence-corrected chi connectivity index (χ4v) is 8.46. The summed E-state index contributed by atoms with van der Waals surface area (Å²) >= 11 is 1.61. The smallest absolute Gasteiger partial charge is 0.183 e. The van der Waals surface area contributed by atoms with E-state index in [2.05, 4.69) is 32.3 Å². The first-order chi connectivity index (χ1) is 14.2. The van der Waals surface area contributed by atoms with Crippen LogP contribution in [0.4, 0.5) is 5.13 Å². The number of rotatable bonds is 3. The fourth-order valence-electron chi connectivity index (χ4n) is 7.20. The van der Waals surface area contributed by atoms with Gasteiger partial charge in [0.15, 0.2) is 10.9 Å². The van der Waals surface area contributed by atoms with Crippen LogP contribution in [0.3, 0.4) is 0 Å². The van der Waals surface area contributed by atoms with Crippen molar-refractivity contribution in [2.45, 2.75) is 57.3 Å². The number of aromatic nitrogens is 1. The summed E-state index contributed by atoms with van der Waals surface area (Å²) in [6.07, 6.45) is 0.503. The van der Waals surface area contributed by atoms with Crippen LogP contribution in [0.2, 0.25) is 0 Å². The first-order valence-electron chi connectivity index (χ1n) is 10.8. The fraction of sp³-hybridized carbons (Fsp3) is 0.652. The number of aliphatic hydroxyl groups is 3. The van der Waals surface area contributed by atoms with Crippen LogP contribution in [-0.2, 0) is 11.2 Å². The average molecular weight is 431 g/mol. The van der Waals surface area contributed by atoms with Gasteiger partial charge in [0, 0.05) is 29.2 Å². The van der Waals surface area contributed by atoms with Gasteiger partial charge in [-0.15, -0.1) is 17.9 Å². The van der Waals surface area contributed by atoms with Gasteiger partial charge >= 0.3 is 0 Å². The predicted molar refractivity (Wildman–Crippen MR) is 115 cm³/mol. The SMILES string of the molecule is C=CCNc1nc2c(s1)CC(C)(C)[C@@H]1C2[C@@H]2CC[C@H]3C(=C)C(=O)[C@@]2([C@@H]3O)[C@@H](O)[C@H]1O. The molecular formula is C23H30N2O4S. The van der Waals surface area contributed by atoms with Gasteiger partial charge in [-0.1, -0.05) is 26.5 Å². The summed E-state index contributed by atoms with van der Waals surface area (Å²) in [5.74, 6) is -1.30. The average Bonchev–Trinajstić information content (AvgIpc) is 3.13. The van der Waals surface area contributed by atoms with Crippen LogP contribution in [0.25, 0.3) is 0 Å². The molecule has 8 atom stereocenters. The molecule has 1 unspecified atom stereocenters. The van der Waals surface area contributed by atoms with Gasteiger partial charge in [-0.2, -0.15) is 0 Å². The van der Waals surface area contributed by atoms with Crippen LogP contribution in [-0.4, -0.2) is 50.9 Å². The van der Waals surface area contributed by atoms with Crippen molar-refractivity contribution in [2.24, 2.45) is 28.6 Å². The van der Waals surface area contributed by atoms with Crippen molar-refractivity contribution in [1.29, 1.82) is 0 Å². The Bertz CT molecular complexity index is 940. The highest BCUT2D eigenvalue weighted by molar-refractivity contribution is 7.15. The Labute approximate surface area is 180 Å². The van der Waals surface area contributed by atoms with Crippen molar-refractivity contribution in [2.75, 3.05) is 11.9 Å². The second-order valence-electron chi connectivity index (χ2n) is 10.2. The number of thiazole rings is 1. The van der Waals surface area contributed by atoms with Gasteiger partial charge < -0.3 is 20.6 Å². The van der Waals surface area contributed by atoms with Crippen LogP contribution in [0, 0.1) is 28.6 Å². The molecule has 0 radical (unpaired) electrons. The second kappa shape index (κ2) is 6.48. The number of ketones is 1. The molecule has 4 N–H and O–H groups in total. The maximum absolute atomic E-state index is 13.4. The molecule has 0 aromatic carbocycles. The second-order valence-corrected chi connectivity index (χ2v) is 11.3. The molecule has 0 aliphatic heterocycles. The maximum atomic E-state index is 13.4. The topological polar surface area (TPSA) is 103 Å². The Morgan fingerprint density at radius 3 is 2.70 bits per heavy atom. The van der Waals surface area contributed by atoms with E-state index >= 15 is 0 Å². The molecule has 30 heavy (non-hydrogen) atoms. The van der Waals surface area contributed by atoms with E-state index < -0.39 is 23.7 Å². The minimum atomic E-state index is -1.39. The maximum Gasteiger partial charge on any atom is 0.183 e. The zero-order valence-electron chi connectivity index (χ0n) is 17.5. The Morgan fingerprint density at radius 1 is 1.27 bits per heavy atom. The molecule has 162 valence electrons. The number of nitrogens with zero attached hydrogens (tertiary/aromatic N) is 1. The minimum absolute atomic E-state index is 0.192. The lowest BCUT2D eigenvalue weighted by atomic mass is 9.45. The van der Waals surface area contributed by atoms with Gasteiger partial charge in [-0.25, -0.2) is 4.98 Å². The van der Waals surface area contributed by atoms with Crippen LogP contribution < -0.4 is 5.32 Å². The van der Waals surface area contributed by atoms with Crippen LogP contribution in [0.1, 0.15) is 43.2 Å². The summed E-state index contributed by atoms with van der Waals surface area (Å²) in [6, 6.07) is 0. The van der Waals surface area contributed by atoms with E-state index in [1.807, 2.05) is 0 Å². The minimum Gasteiger partial charge on any atom is -0.391 e. The summed E-state index contributed by atoms with van der Waals surface area (Å²) in [5, 5.41) is 38.0. The number of hydrogen-bond acceptors (Lipinski definition) is 7. The molecule has 4 aliphatic rings. The van der Waals surface area contributed by atoms with E-state index in [1.54, 1.807) is 17.4 Å². The van der Waals surface area contributed by atoms with E-state index in [-0.39, 0.29) is 34.9 Å². The van der Waals surface area contributed by atoms with Crippen LogP contribution in [0.15, 0.2) is 24.8 Å². The molecule has 3 fully saturated rings. The van der Waals surface area contributed by atoms with Gasteiger partial charge in [0.1, 0.15) is 0 Å². The molecule has 1 spiro atoms. The Balaban J connectivity index is 1.69. The van der Waals surface area contributed by atoms with E-state index in [0.717, 1.165) is 22.1 Å². The van der Waals surface area contributed by atoms with Crippen LogP contribution >= 0.6 is 11.3 Å². The molecule has 5 rings (SSSR count). The van der Waals surface area contributed by atoms with Crippen molar-refractivity contribution < 1.29 is 20.1 Å². The number of nitrogens with one attached hydrogen (secondary N) is 1. The first-order valence-corrected chi connectivity index (χ1v) is 11.6. The lowest BCUT2D eigenvalue weighted by Crippen LogP contribution is -2.68. The monoisotopic (exact) mass is 430 g/mol. The highest BCUT2D eigenvalue weighted by atomic mass is 32.1. The van der Waals surface area contributed by atoms with Crippen molar-refractivity contribution in [3.63, 3.8) is 0 Å². The molecule has 0 saturated heterocycles. The van der Waals surface area contributed by atoms with Crippen molar-refractivity contribution in [3.05, 3.63) is 35.4 Å². The molecule has 1 aromatic heterocycles. The molecule has 2 bridgehead atoms. The van der Waals surface area contributed by atoms with Gasteiger partial charge in [0.05, 0.1) is 29.4 Å². The molecule has 1 aromatic rings. The Morgan fingerprint density at radius 2 is 2.00 bits per heavy atom. The number of carbonyl (C=O) groups is 1. The number of anilines is 1. The molecule has 0 amide bonds. The molecular weight excluding hydrogens is 400 g/mol. The van der Waals surface area contributed by atoms with Gasteiger partial charge in [0.2, 0.25) is 0 Å².